The van der Waals surface area contributed by atoms with Crippen LogP contribution in [0.25, 0.3) is 0 Å². The molecule has 1 amide bonds. The minimum atomic E-state index is -0.394. The van der Waals surface area contributed by atoms with Crippen molar-refractivity contribution in [2.24, 2.45) is 5.92 Å². The zero-order valence-electron chi connectivity index (χ0n) is 9.28. The fraction of sp³-hybridized carbons (Fsp3) is 0.900. The van der Waals surface area contributed by atoms with E-state index in [2.05, 4.69) is 19.6 Å². The number of hydrogen-bond donors (Lipinski definition) is 1. The second-order valence-electron chi connectivity index (χ2n) is 4.89. The first kappa shape index (κ1) is 11.7. The van der Waals surface area contributed by atoms with Gasteiger partial charge in [0.25, 0.3) is 0 Å². The molecule has 0 unspecified atom stereocenters. The Kier molecular flexibility index (Phi) is 3.35. The summed E-state index contributed by atoms with van der Waals surface area (Å²) >= 11 is 4.34. The van der Waals surface area contributed by atoms with Crippen LogP contribution < -0.4 is 0 Å². The van der Waals surface area contributed by atoms with Gasteiger partial charge >= 0.3 is 6.09 Å². The van der Waals surface area contributed by atoms with Gasteiger partial charge in [0, 0.05) is 24.3 Å². The van der Waals surface area contributed by atoms with Crippen LogP contribution in [-0.4, -0.2) is 34.9 Å². The molecule has 0 N–H and O–H groups in total. The molecule has 3 nitrogen and oxygen atoms in total. The van der Waals surface area contributed by atoms with E-state index in [9.17, 15) is 4.79 Å². The van der Waals surface area contributed by atoms with Crippen LogP contribution in [0, 0.1) is 5.92 Å². The quantitative estimate of drug-likeness (QED) is 0.682. The molecular formula is C10H19NO2S. The first-order chi connectivity index (χ1) is 6.29. The van der Waals surface area contributed by atoms with Gasteiger partial charge in [-0.3, -0.25) is 0 Å². The van der Waals surface area contributed by atoms with Crippen molar-refractivity contribution in [2.75, 3.05) is 13.1 Å². The van der Waals surface area contributed by atoms with Crippen LogP contribution in [0.3, 0.4) is 0 Å². The highest BCUT2D eigenvalue weighted by Crippen LogP contribution is 2.24. The summed E-state index contributed by atoms with van der Waals surface area (Å²) in [5.41, 5.74) is -0.394. The number of ether oxygens (including phenoxy) is 1. The van der Waals surface area contributed by atoms with Gasteiger partial charge in [0.1, 0.15) is 5.60 Å². The lowest BCUT2D eigenvalue weighted by atomic mass is 9.97. The third kappa shape index (κ3) is 3.08. The van der Waals surface area contributed by atoms with Gasteiger partial charge in [-0.15, -0.1) is 0 Å². The molecule has 0 aromatic heterocycles. The van der Waals surface area contributed by atoms with Crippen LogP contribution >= 0.6 is 12.6 Å². The lowest BCUT2D eigenvalue weighted by Crippen LogP contribution is -2.53. The Balaban J connectivity index is 2.30. The maximum absolute atomic E-state index is 11.5. The zero-order chi connectivity index (χ0) is 10.9. The van der Waals surface area contributed by atoms with Crippen molar-refractivity contribution in [1.29, 1.82) is 0 Å². The van der Waals surface area contributed by atoms with E-state index in [4.69, 9.17) is 4.74 Å². The van der Waals surface area contributed by atoms with Crippen molar-refractivity contribution < 1.29 is 9.53 Å². The monoisotopic (exact) mass is 217 g/mol. The number of carbonyl (C=O) groups excluding carboxylic acids is 1. The fourth-order valence-electron chi connectivity index (χ4n) is 1.29. The molecule has 1 rings (SSSR count). The van der Waals surface area contributed by atoms with E-state index in [0.29, 0.717) is 11.2 Å². The summed E-state index contributed by atoms with van der Waals surface area (Å²) in [6.07, 6.45) is -0.206. The van der Waals surface area contributed by atoms with Crippen LogP contribution in [-0.2, 0) is 4.74 Å². The molecule has 1 aliphatic rings. The molecule has 14 heavy (non-hydrogen) atoms. The molecule has 0 bridgehead atoms. The average molecular weight is 217 g/mol. The highest BCUT2D eigenvalue weighted by Gasteiger charge is 2.35. The Morgan fingerprint density at radius 3 is 2.36 bits per heavy atom. The number of thiol groups is 1. The van der Waals surface area contributed by atoms with Gasteiger partial charge < -0.3 is 9.64 Å². The summed E-state index contributed by atoms with van der Waals surface area (Å²) in [5, 5.41) is 0.355. The van der Waals surface area contributed by atoms with Crippen LogP contribution in [0.15, 0.2) is 0 Å². The minimum Gasteiger partial charge on any atom is -0.444 e. The van der Waals surface area contributed by atoms with Crippen LogP contribution in [0.2, 0.25) is 0 Å². The van der Waals surface area contributed by atoms with Crippen molar-refractivity contribution in [1.82, 2.24) is 4.90 Å². The number of amides is 1. The maximum Gasteiger partial charge on any atom is 0.410 e. The van der Waals surface area contributed by atoms with Crippen molar-refractivity contribution >= 4 is 18.7 Å². The Labute approximate surface area is 91.2 Å². The maximum atomic E-state index is 11.5. The Morgan fingerprint density at radius 2 is 2.00 bits per heavy atom. The van der Waals surface area contributed by atoms with Gasteiger partial charge in [-0.05, 0) is 20.8 Å². The molecule has 1 saturated heterocycles. The second-order valence-corrected chi connectivity index (χ2v) is 5.70. The predicted octanol–water partition coefficient (Wildman–Crippen LogP) is 2.17. The zero-order valence-corrected chi connectivity index (χ0v) is 10.2. The van der Waals surface area contributed by atoms with E-state index >= 15 is 0 Å². The lowest BCUT2D eigenvalue weighted by Gasteiger charge is -2.41. The van der Waals surface area contributed by atoms with E-state index in [0.717, 1.165) is 13.1 Å². The van der Waals surface area contributed by atoms with Gasteiger partial charge in [0.05, 0.1) is 0 Å². The summed E-state index contributed by atoms with van der Waals surface area (Å²) in [6, 6.07) is 0. The molecule has 0 radical (unpaired) electrons. The Hall–Kier alpha value is -0.380. The lowest BCUT2D eigenvalue weighted by molar-refractivity contribution is -0.000505. The SMILES string of the molecule is C[C@H](S)C1CN(C(=O)OC(C)(C)C)C1. The van der Waals surface area contributed by atoms with Gasteiger partial charge in [0.2, 0.25) is 0 Å². The molecule has 0 saturated carbocycles. The van der Waals surface area contributed by atoms with Crippen LogP contribution in [0.5, 0.6) is 0 Å². The highest BCUT2D eigenvalue weighted by molar-refractivity contribution is 7.80. The largest absolute Gasteiger partial charge is 0.444 e. The van der Waals surface area contributed by atoms with E-state index in [1.165, 1.54) is 0 Å². The molecule has 1 aliphatic heterocycles. The number of rotatable bonds is 1. The third-order valence-electron chi connectivity index (χ3n) is 2.24. The molecule has 1 heterocycles. The topological polar surface area (TPSA) is 29.5 Å². The van der Waals surface area contributed by atoms with Gasteiger partial charge in [0.15, 0.2) is 0 Å². The molecule has 0 spiro atoms. The van der Waals surface area contributed by atoms with E-state index in [1.54, 1.807) is 4.90 Å². The molecule has 0 aromatic carbocycles. The van der Waals surface area contributed by atoms with Crippen molar-refractivity contribution in [2.45, 2.75) is 38.5 Å². The Bertz CT molecular complexity index is 217. The van der Waals surface area contributed by atoms with Gasteiger partial charge in [-0.1, -0.05) is 6.92 Å². The fourth-order valence-corrected chi connectivity index (χ4v) is 1.48. The van der Waals surface area contributed by atoms with Crippen molar-refractivity contribution in [3.63, 3.8) is 0 Å². The summed E-state index contributed by atoms with van der Waals surface area (Å²) in [6.45, 7) is 9.25. The second kappa shape index (κ2) is 4.01. The highest BCUT2D eigenvalue weighted by atomic mass is 32.1. The number of nitrogens with zero attached hydrogens (tertiary/aromatic N) is 1. The summed E-state index contributed by atoms with van der Waals surface area (Å²) in [7, 11) is 0. The minimum absolute atomic E-state index is 0.206. The summed E-state index contributed by atoms with van der Waals surface area (Å²) in [5.74, 6) is 0.519. The van der Waals surface area contributed by atoms with E-state index in [1.807, 2.05) is 20.8 Å². The summed E-state index contributed by atoms with van der Waals surface area (Å²) < 4.78 is 5.23. The van der Waals surface area contributed by atoms with E-state index in [-0.39, 0.29) is 6.09 Å². The average Bonchev–Trinajstić information content (AvgIpc) is 1.75. The molecule has 82 valence electrons. The van der Waals surface area contributed by atoms with Gasteiger partial charge in [-0.2, -0.15) is 12.6 Å². The van der Waals surface area contributed by atoms with Crippen LogP contribution in [0.4, 0.5) is 4.79 Å². The van der Waals surface area contributed by atoms with Crippen molar-refractivity contribution in [3.8, 4) is 0 Å². The van der Waals surface area contributed by atoms with E-state index < -0.39 is 5.60 Å². The Morgan fingerprint density at radius 1 is 1.50 bits per heavy atom. The number of hydrogen-bond acceptors (Lipinski definition) is 3. The molecule has 1 atom stereocenters. The smallest absolute Gasteiger partial charge is 0.410 e. The number of likely N-dealkylation sites (tertiary alicyclic amines) is 1. The third-order valence-corrected chi connectivity index (χ3v) is 2.67. The molecule has 0 aromatic rings. The molecular weight excluding hydrogens is 198 g/mol. The predicted molar refractivity (Wildman–Crippen MR) is 59.7 cm³/mol. The first-order valence-corrected chi connectivity index (χ1v) is 5.47. The van der Waals surface area contributed by atoms with Gasteiger partial charge in [-0.25, -0.2) is 4.79 Å². The molecule has 1 fully saturated rings. The normalized spacial score (nSPS) is 20.2. The molecule has 4 heteroatoms. The first-order valence-electron chi connectivity index (χ1n) is 4.95. The van der Waals surface area contributed by atoms with Crippen molar-refractivity contribution in [3.05, 3.63) is 0 Å². The standard InChI is InChI=1S/C10H19NO2S/c1-7(14)8-5-11(6-8)9(12)13-10(2,3)4/h7-8,14H,5-6H2,1-4H3/t7-/m0/s1. The van der Waals surface area contributed by atoms with Crippen LogP contribution in [0.1, 0.15) is 27.7 Å². The summed E-state index contributed by atoms with van der Waals surface area (Å²) in [4.78, 5) is 13.2. The molecule has 0 aliphatic carbocycles. The number of carbonyl (C=O) groups is 1.